The molecule has 92 valence electrons. The first kappa shape index (κ1) is 13.0. The molecule has 0 radical (unpaired) electrons. The Balaban J connectivity index is 1.70. The molecule has 17 heavy (non-hydrogen) atoms. The van der Waals surface area contributed by atoms with Crippen LogP contribution in [-0.4, -0.2) is 29.7 Å². The van der Waals surface area contributed by atoms with Gasteiger partial charge in [0.1, 0.15) is 0 Å². The van der Waals surface area contributed by atoms with E-state index < -0.39 is 0 Å². The maximum atomic E-state index is 11.7. The second kappa shape index (κ2) is 7.10. The van der Waals surface area contributed by atoms with Crippen molar-refractivity contribution >= 4 is 31.6 Å². The second-order valence-electron chi connectivity index (χ2n) is 3.94. The molecule has 2 nitrogen and oxygen atoms in total. The Labute approximate surface area is 113 Å². The molecule has 1 aliphatic rings. The fourth-order valence-electron chi connectivity index (χ4n) is 1.66. The number of hydrogen-bond donors (Lipinski definition) is 0. The fourth-order valence-corrected chi connectivity index (χ4v) is 5.45. The summed E-state index contributed by atoms with van der Waals surface area (Å²) in [5, 5.41) is 0. The van der Waals surface area contributed by atoms with Crippen molar-refractivity contribution in [2.24, 2.45) is 0 Å². The third-order valence-corrected chi connectivity index (χ3v) is 6.75. The van der Waals surface area contributed by atoms with E-state index in [2.05, 4.69) is 0 Å². The van der Waals surface area contributed by atoms with Crippen molar-refractivity contribution in [1.82, 2.24) is 0 Å². The summed E-state index contributed by atoms with van der Waals surface area (Å²) in [6, 6.07) is 9.86. The Morgan fingerprint density at radius 2 is 2.18 bits per heavy atom. The first-order valence-corrected chi connectivity index (χ1v) is 8.73. The van der Waals surface area contributed by atoms with Gasteiger partial charge in [0.25, 0.3) is 0 Å². The summed E-state index contributed by atoms with van der Waals surface area (Å²) < 4.78 is 5.85. The van der Waals surface area contributed by atoms with Gasteiger partial charge < -0.3 is 0 Å². The maximum absolute atomic E-state index is 11.7. The molecule has 0 amide bonds. The first-order valence-electron chi connectivity index (χ1n) is 5.83. The van der Waals surface area contributed by atoms with E-state index in [1.807, 2.05) is 42.1 Å². The summed E-state index contributed by atoms with van der Waals surface area (Å²) in [6.07, 6.45) is 3.76. The van der Waals surface area contributed by atoms with Crippen LogP contribution in [0.5, 0.6) is 0 Å². The molecule has 0 saturated carbocycles. The average Bonchev–Trinajstić information content (AvgIpc) is 2.39. The molecule has 1 aromatic rings. The zero-order valence-corrected chi connectivity index (χ0v) is 12.2. The van der Waals surface area contributed by atoms with Crippen molar-refractivity contribution in [1.29, 1.82) is 0 Å². The van der Waals surface area contributed by atoms with Crippen LogP contribution in [0.15, 0.2) is 30.3 Å². The van der Waals surface area contributed by atoms with Gasteiger partial charge in [0, 0.05) is 0 Å². The van der Waals surface area contributed by atoms with Crippen LogP contribution in [-0.2, 0) is 11.3 Å². The van der Waals surface area contributed by atoms with E-state index in [1.54, 1.807) is 0 Å². The second-order valence-corrected chi connectivity index (χ2v) is 8.31. The molecular weight excluding hydrogens is 299 g/mol. The van der Waals surface area contributed by atoms with Gasteiger partial charge in [0.2, 0.25) is 0 Å². The molecule has 1 atom stereocenters. The number of carbonyl (C=O) groups is 1. The van der Waals surface area contributed by atoms with Gasteiger partial charge in [-0.3, -0.25) is 0 Å². The molecule has 0 N–H and O–H groups in total. The Bertz CT molecular complexity index is 350. The van der Waals surface area contributed by atoms with Crippen LogP contribution >= 0.6 is 11.8 Å². The summed E-state index contributed by atoms with van der Waals surface area (Å²) in [5.74, 6) is 1.21. The van der Waals surface area contributed by atoms with Gasteiger partial charge in [-0.2, -0.15) is 0 Å². The first-order chi connectivity index (χ1) is 8.34. The van der Waals surface area contributed by atoms with E-state index in [0.29, 0.717) is 10.8 Å². The van der Waals surface area contributed by atoms with Crippen molar-refractivity contribution < 1.29 is 9.53 Å². The van der Waals surface area contributed by atoms with Gasteiger partial charge in [-0.05, 0) is 0 Å². The van der Waals surface area contributed by atoms with E-state index >= 15 is 0 Å². The predicted octanol–water partition coefficient (Wildman–Crippen LogP) is 3.27. The number of rotatable bonds is 4. The SMILES string of the molecule is O=C(OCc1ccccc1)[Se]C1CCCCS1. The molecule has 1 fully saturated rings. The Kier molecular flexibility index (Phi) is 5.43. The van der Waals surface area contributed by atoms with Gasteiger partial charge in [0.05, 0.1) is 0 Å². The number of hydrogen-bond acceptors (Lipinski definition) is 3. The normalized spacial score (nSPS) is 19.9. The fraction of sp³-hybridized carbons (Fsp3) is 0.462. The molecule has 1 unspecified atom stereocenters. The number of ether oxygens (including phenoxy) is 1. The molecule has 0 aromatic heterocycles. The molecule has 2 rings (SSSR count). The molecule has 0 spiro atoms. The molecule has 0 bridgehead atoms. The summed E-state index contributed by atoms with van der Waals surface area (Å²) in [4.78, 5) is 11.7. The summed E-state index contributed by atoms with van der Waals surface area (Å²) in [6.45, 7) is 0.415. The summed E-state index contributed by atoms with van der Waals surface area (Å²) in [7, 11) is 0. The summed E-state index contributed by atoms with van der Waals surface area (Å²) >= 11 is 1.93. The Morgan fingerprint density at radius 1 is 1.35 bits per heavy atom. The minimum atomic E-state index is -0.0140. The Hall–Kier alpha value is -0.441. The molecule has 1 aliphatic heterocycles. The van der Waals surface area contributed by atoms with Crippen LogP contribution in [0.3, 0.4) is 0 Å². The standard InChI is InChI=1S/C13H16O2SSe/c14-13(17-12-8-4-5-9-16-12)15-10-11-6-2-1-3-7-11/h1-3,6-7,12H,4-5,8-10H2. The molecular formula is C13H16O2SSe. The van der Waals surface area contributed by atoms with Gasteiger partial charge in [-0.15, -0.1) is 0 Å². The van der Waals surface area contributed by atoms with Crippen LogP contribution in [0.25, 0.3) is 0 Å². The number of thioether (sulfide) groups is 1. The zero-order chi connectivity index (χ0) is 11.9. The van der Waals surface area contributed by atoms with Gasteiger partial charge in [-0.25, -0.2) is 0 Å². The quantitative estimate of drug-likeness (QED) is 0.798. The van der Waals surface area contributed by atoms with E-state index in [-0.39, 0.29) is 19.8 Å². The summed E-state index contributed by atoms with van der Waals surface area (Å²) in [5.41, 5.74) is 1.06. The van der Waals surface area contributed by atoms with Crippen LogP contribution in [0.1, 0.15) is 24.8 Å². The third-order valence-electron chi connectivity index (χ3n) is 2.57. The van der Waals surface area contributed by atoms with Gasteiger partial charge in [0.15, 0.2) is 0 Å². The van der Waals surface area contributed by atoms with Gasteiger partial charge >= 0.3 is 113 Å². The van der Waals surface area contributed by atoms with Crippen molar-refractivity contribution in [2.45, 2.75) is 30.0 Å². The predicted molar refractivity (Wildman–Crippen MR) is 72.5 cm³/mol. The zero-order valence-electron chi connectivity index (χ0n) is 9.63. The minimum absolute atomic E-state index is 0.000697. The topological polar surface area (TPSA) is 26.3 Å². The van der Waals surface area contributed by atoms with Crippen molar-refractivity contribution in [3.63, 3.8) is 0 Å². The van der Waals surface area contributed by atoms with Crippen LogP contribution in [0.4, 0.5) is 4.79 Å². The molecule has 1 heterocycles. The molecule has 0 aliphatic carbocycles. The van der Waals surface area contributed by atoms with Crippen LogP contribution in [0.2, 0.25) is 0 Å². The van der Waals surface area contributed by atoms with Crippen LogP contribution in [0, 0.1) is 0 Å². The van der Waals surface area contributed by atoms with Crippen molar-refractivity contribution in [3.05, 3.63) is 35.9 Å². The third kappa shape index (κ3) is 4.74. The van der Waals surface area contributed by atoms with Crippen molar-refractivity contribution in [2.75, 3.05) is 5.75 Å². The molecule has 1 aromatic carbocycles. The van der Waals surface area contributed by atoms with E-state index in [1.165, 1.54) is 25.0 Å². The van der Waals surface area contributed by atoms with E-state index in [9.17, 15) is 4.79 Å². The van der Waals surface area contributed by atoms with Crippen LogP contribution < -0.4 is 0 Å². The van der Waals surface area contributed by atoms with Crippen molar-refractivity contribution in [3.8, 4) is 0 Å². The molecule has 1 saturated heterocycles. The monoisotopic (exact) mass is 316 g/mol. The molecule has 4 heteroatoms. The number of carbonyl (C=O) groups excluding carboxylic acids is 1. The Morgan fingerprint density at radius 3 is 2.88 bits per heavy atom. The number of benzene rings is 1. The van der Waals surface area contributed by atoms with E-state index in [0.717, 1.165) is 5.56 Å². The van der Waals surface area contributed by atoms with E-state index in [4.69, 9.17) is 4.74 Å². The average molecular weight is 315 g/mol. The van der Waals surface area contributed by atoms with Gasteiger partial charge in [-0.1, -0.05) is 0 Å².